The molecular formula is C21H24N4O5. The number of nitrogens with zero attached hydrogens (tertiary/aromatic N) is 2. The van der Waals surface area contributed by atoms with E-state index in [1.165, 1.54) is 19.1 Å². The molecule has 0 unspecified atom stereocenters. The lowest BCUT2D eigenvalue weighted by Crippen LogP contribution is -2.30. The Hall–Kier alpha value is -3.45. The van der Waals surface area contributed by atoms with Crippen LogP contribution in [0.15, 0.2) is 23.3 Å². The van der Waals surface area contributed by atoms with E-state index in [0.717, 1.165) is 12.8 Å². The molecule has 30 heavy (non-hydrogen) atoms. The minimum Gasteiger partial charge on any atom is -0.459 e. The lowest BCUT2D eigenvalue weighted by molar-refractivity contribution is -0.155. The van der Waals surface area contributed by atoms with Crippen LogP contribution in [0.1, 0.15) is 50.9 Å². The number of hydrogen-bond acceptors (Lipinski definition) is 6. The molecule has 0 spiro atoms. The van der Waals surface area contributed by atoms with Crippen molar-refractivity contribution in [3.8, 4) is 0 Å². The van der Waals surface area contributed by atoms with E-state index in [9.17, 15) is 19.2 Å². The molecule has 1 aliphatic rings. The molecule has 1 aromatic heterocycles. The van der Waals surface area contributed by atoms with Gasteiger partial charge in [-0.2, -0.15) is 4.99 Å². The Labute approximate surface area is 173 Å². The molecule has 3 rings (SSSR count). The van der Waals surface area contributed by atoms with Gasteiger partial charge in [-0.25, -0.2) is 9.59 Å². The number of benzene rings is 1. The van der Waals surface area contributed by atoms with Crippen LogP contribution in [0.5, 0.6) is 0 Å². The van der Waals surface area contributed by atoms with Gasteiger partial charge in [0.15, 0.2) is 5.78 Å². The number of Topliss-reactive ketones (excluding diaryl/α,β-unsaturated/α-hetero) is 1. The number of urea groups is 1. The maximum atomic E-state index is 12.3. The summed E-state index contributed by atoms with van der Waals surface area (Å²) in [4.78, 5) is 51.2. The normalized spacial score (nSPS) is 13.5. The minimum absolute atomic E-state index is 0.125. The average molecular weight is 412 g/mol. The first-order valence-electron chi connectivity index (χ1n) is 9.62. The molecule has 2 amide bonds. The second-order valence-electron chi connectivity index (χ2n) is 8.28. The van der Waals surface area contributed by atoms with Crippen LogP contribution >= 0.6 is 0 Å². The summed E-state index contributed by atoms with van der Waals surface area (Å²) < 4.78 is 6.93. The number of carbonyl (C=O) groups excluding carboxylic acids is 4. The largest absolute Gasteiger partial charge is 0.459 e. The summed E-state index contributed by atoms with van der Waals surface area (Å²) in [5.74, 6) is -0.677. The van der Waals surface area contributed by atoms with Crippen LogP contribution in [-0.4, -0.2) is 40.1 Å². The second-order valence-corrected chi connectivity index (χ2v) is 8.28. The average Bonchev–Trinajstić information content (AvgIpc) is 3.35. The highest BCUT2D eigenvalue weighted by Gasteiger charge is 2.24. The van der Waals surface area contributed by atoms with Gasteiger partial charge < -0.3 is 19.9 Å². The van der Waals surface area contributed by atoms with Gasteiger partial charge in [-0.05, 0) is 52.7 Å². The molecule has 158 valence electrons. The molecule has 0 atom stereocenters. The molecule has 1 heterocycles. The third-order valence-electron chi connectivity index (χ3n) is 4.42. The first-order chi connectivity index (χ1) is 14.1. The monoisotopic (exact) mass is 412 g/mol. The lowest BCUT2D eigenvalue weighted by Gasteiger charge is -2.19. The smallest absolute Gasteiger partial charge is 0.326 e. The Morgan fingerprint density at radius 2 is 1.97 bits per heavy atom. The number of hydrogen-bond donors (Lipinski definition) is 2. The van der Waals surface area contributed by atoms with Crippen molar-refractivity contribution in [2.24, 2.45) is 4.99 Å². The van der Waals surface area contributed by atoms with E-state index in [4.69, 9.17) is 4.74 Å². The number of ether oxygens (including phenoxy) is 1. The summed E-state index contributed by atoms with van der Waals surface area (Å²) >= 11 is 0. The number of isocyanates is 1. The Bertz CT molecular complexity index is 1070. The van der Waals surface area contributed by atoms with E-state index >= 15 is 0 Å². The zero-order valence-electron chi connectivity index (χ0n) is 17.4. The Morgan fingerprint density at radius 1 is 1.27 bits per heavy atom. The zero-order chi connectivity index (χ0) is 22.1. The minimum atomic E-state index is -0.650. The first kappa shape index (κ1) is 21.3. The zero-order valence-corrected chi connectivity index (χ0v) is 17.4. The third kappa shape index (κ3) is 5.12. The Kier molecular flexibility index (Phi) is 5.75. The second kappa shape index (κ2) is 8.12. The van der Waals surface area contributed by atoms with Gasteiger partial charge >= 0.3 is 12.0 Å². The first-order valence-corrected chi connectivity index (χ1v) is 9.62. The van der Waals surface area contributed by atoms with Crippen LogP contribution in [0.4, 0.5) is 16.2 Å². The van der Waals surface area contributed by atoms with E-state index in [0.29, 0.717) is 16.5 Å². The molecule has 0 radical (unpaired) electrons. The standard InChI is InChI=1S/C21H24N4O5/c1-12(27)15-9-25(10-19(28)30-21(2,3)4)18-8-16(22-11-26)17(7-14(15)18)24-20(29)23-13-5-6-13/h7-9,13H,5-6,10H2,1-4H3,(H2,23,24,29). The molecule has 1 saturated carbocycles. The Morgan fingerprint density at radius 3 is 2.53 bits per heavy atom. The van der Waals surface area contributed by atoms with Crippen LogP contribution in [-0.2, 0) is 20.9 Å². The number of anilines is 1. The molecule has 2 N–H and O–H groups in total. The summed E-state index contributed by atoms with van der Waals surface area (Å²) in [6.07, 6.45) is 4.88. The maximum absolute atomic E-state index is 12.3. The number of ketones is 1. The number of nitrogens with one attached hydrogen (secondary N) is 2. The van der Waals surface area contributed by atoms with Crippen molar-refractivity contribution in [1.29, 1.82) is 0 Å². The van der Waals surface area contributed by atoms with Gasteiger partial charge in [-0.1, -0.05) is 0 Å². The summed E-state index contributed by atoms with van der Waals surface area (Å²) in [7, 11) is 0. The molecule has 1 fully saturated rings. The van der Waals surface area contributed by atoms with E-state index in [2.05, 4.69) is 15.6 Å². The molecule has 0 aliphatic heterocycles. The summed E-state index contributed by atoms with van der Waals surface area (Å²) in [6.45, 7) is 6.58. The van der Waals surface area contributed by atoms with Crippen LogP contribution in [0, 0.1) is 0 Å². The van der Waals surface area contributed by atoms with E-state index < -0.39 is 17.6 Å². The number of esters is 1. The molecule has 0 bridgehead atoms. The SMILES string of the molecule is CC(=O)c1cn(CC(=O)OC(C)(C)C)c2cc(N=C=O)c(NC(=O)NC3CC3)cc12. The number of aliphatic imine (C=N–C) groups is 1. The predicted molar refractivity (Wildman–Crippen MR) is 111 cm³/mol. The van der Waals surface area contributed by atoms with Crippen LogP contribution < -0.4 is 10.6 Å². The van der Waals surface area contributed by atoms with Gasteiger partial charge in [0.05, 0.1) is 11.2 Å². The molecule has 1 aliphatic carbocycles. The Balaban J connectivity index is 2.03. The third-order valence-corrected chi connectivity index (χ3v) is 4.42. The van der Waals surface area contributed by atoms with Crippen molar-refractivity contribution in [3.05, 3.63) is 23.9 Å². The number of aromatic nitrogens is 1. The van der Waals surface area contributed by atoms with Gasteiger partial charge in [-0.3, -0.25) is 9.59 Å². The number of rotatable bonds is 6. The molecule has 9 nitrogen and oxygen atoms in total. The highest BCUT2D eigenvalue weighted by atomic mass is 16.6. The highest BCUT2D eigenvalue weighted by molar-refractivity contribution is 6.10. The molecule has 9 heteroatoms. The number of carbonyl (C=O) groups is 3. The summed E-state index contributed by atoms with van der Waals surface area (Å²) in [5.41, 5.74) is 0.667. The summed E-state index contributed by atoms with van der Waals surface area (Å²) in [6, 6.07) is 2.83. The molecule has 0 saturated heterocycles. The summed E-state index contributed by atoms with van der Waals surface area (Å²) in [5, 5.41) is 5.98. The predicted octanol–water partition coefficient (Wildman–Crippen LogP) is 3.44. The van der Waals surface area contributed by atoms with Crippen LogP contribution in [0.3, 0.4) is 0 Å². The van der Waals surface area contributed by atoms with Gasteiger partial charge in [-0.15, -0.1) is 0 Å². The maximum Gasteiger partial charge on any atom is 0.326 e. The fourth-order valence-electron chi connectivity index (χ4n) is 3.06. The fraction of sp³-hybridized carbons (Fsp3) is 0.429. The van der Waals surface area contributed by atoms with Crippen LogP contribution in [0.2, 0.25) is 0 Å². The van der Waals surface area contributed by atoms with Crippen molar-refractivity contribution in [3.63, 3.8) is 0 Å². The lowest BCUT2D eigenvalue weighted by atomic mass is 10.1. The van der Waals surface area contributed by atoms with Gasteiger partial charge in [0.1, 0.15) is 17.8 Å². The molecular weight excluding hydrogens is 388 g/mol. The number of fused-ring (bicyclic) bond motifs is 1. The van der Waals surface area contributed by atoms with Gasteiger partial charge in [0.2, 0.25) is 6.08 Å². The number of amides is 2. The highest BCUT2D eigenvalue weighted by Crippen LogP contribution is 2.34. The van der Waals surface area contributed by atoms with E-state index in [1.54, 1.807) is 37.6 Å². The quantitative estimate of drug-likeness (QED) is 0.326. The van der Waals surface area contributed by atoms with Crippen molar-refractivity contribution >= 4 is 46.1 Å². The van der Waals surface area contributed by atoms with Gasteiger partial charge in [0, 0.05) is 23.2 Å². The van der Waals surface area contributed by atoms with E-state index in [-0.39, 0.29) is 29.7 Å². The van der Waals surface area contributed by atoms with Gasteiger partial charge in [0.25, 0.3) is 0 Å². The van der Waals surface area contributed by atoms with Crippen molar-refractivity contribution < 1.29 is 23.9 Å². The topological polar surface area (TPSA) is 119 Å². The van der Waals surface area contributed by atoms with Crippen molar-refractivity contribution in [2.45, 2.75) is 58.7 Å². The van der Waals surface area contributed by atoms with E-state index in [1.807, 2.05) is 0 Å². The fourth-order valence-corrected chi connectivity index (χ4v) is 3.06. The van der Waals surface area contributed by atoms with Crippen LogP contribution in [0.25, 0.3) is 10.9 Å². The molecule has 2 aromatic rings. The van der Waals surface area contributed by atoms with Crippen molar-refractivity contribution in [1.82, 2.24) is 9.88 Å². The molecule has 1 aromatic carbocycles. The van der Waals surface area contributed by atoms with Crippen molar-refractivity contribution in [2.75, 3.05) is 5.32 Å².